The maximum Gasteiger partial charge on any atom is 0.0302 e. The highest BCUT2D eigenvalue weighted by Crippen LogP contribution is 2.20. The lowest BCUT2D eigenvalue weighted by Crippen LogP contribution is -2.35. The van der Waals surface area contributed by atoms with Crippen LogP contribution in [0.25, 0.3) is 0 Å². The molecule has 1 aliphatic rings. The van der Waals surface area contributed by atoms with Crippen molar-refractivity contribution >= 4 is 38.1 Å². The Bertz CT molecular complexity index is 343. The van der Waals surface area contributed by atoms with E-state index in [1.54, 1.807) is 11.3 Å². The van der Waals surface area contributed by atoms with Gasteiger partial charge in [0.15, 0.2) is 0 Å². The predicted octanol–water partition coefficient (Wildman–Crippen LogP) is 2.51. The number of rotatable bonds is 3. The summed E-state index contributed by atoms with van der Waals surface area (Å²) in [5, 5.41) is 5.63. The van der Waals surface area contributed by atoms with Gasteiger partial charge in [0.2, 0.25) is 0 Å². The quantitative estimate of drug-likeness (QED) is 0.929. The van der Waals surface area contributed by atoms with E-state index in [2.05, 4.69) is 32.7 Å². The monoisotopic (exact) mass is 307 g/mol. The smallest absolute Gasteiger partial charge is 0.0302 e. The average molecular weight is 308 g/mol. The summed E-state index contributed by atoms with van der Waals surface area (Å²) in [6.45, 7) is 0.938. The summed E-state index contributed by atoms with van der Waals surface area (Å²) in [7, 11) is -0.550. The highest BCUT2D eigenvalue weighted by Gasteiger charge is 2.17. The lowest BCUT2D eigenvalue weighted by molar-refractivity contribution is 0.477. The van der Waals surface area contributed by atoms with Gasteiger partial charge in [-0.25, -0.2) is 0 Å². The molecule has 0 spiro atoms. The first kappa shape index (κ1) is 11.8. The SMILES string of the molecule is O=S1CCC(NCc2cc(Br)cs2)CC1. The fourth-order valence-corrected chi connectivity index (χ4v) is 4.39. The Morgan fingerprint density at radius 1 is 1.53 bits per heavy atom. The van der Waals surface area contributed by atoms with Gasteiger partial charge in [-0.1, -0.05) is 0 Å². The van der Waals surface area contributed by atoms with Crippen molar-refractivity contribution in [3.8, 4) is 0 Å². The highest BCUT2D eigenvalue weighted by atomic mass is 79.9. The first-order valence-electron chi connectivity index (χ1n) is 5.05. The summed E-state index contributed by atoms with van der Waals surface area (Å²) in [5.41, 5.74) is 0. The molecule has 0 unspecified atom stereocenters. The van der Waals surface area contributed by atoms with E-state index in [1.807, 2.05) is 0 Å². The first-order chi connectivity index (χ1) is 7.24. The van der Waals surface area contributed by atoms with Crippen LogP contribution < -0.4 is 5.32 Å². The summed E-state index contributed by atoms with van der Waals surface area (Å²) in [4.78, 5) is 1.36. The molecule has 84 valence electrons. The van der Waals surface area contributed by atoms with Gasteiger partial charge >= 0.3 is 0 Å². The van der Waals surface area contributed by atoms with E-state index < -0.39 is 10.8 Å². The second kappa shape index (κ2) is 5.57. The lowest BCUT2D eigenvalue weighted by Gasteiger charge is -2.22. The van der Waals surface area contributed by atoms with Gasteiger partial charge in [0.25, 0.3) is 0 Å². The van der Waals surface area contributed by atoms with Crippen molar-refractivity contribution in [1.29, 1.82) is 0 Å². The van der Waals surface area contributed by atoms with Crippen LogP contribution in [0.1, 0.15) is 17.7 Å². The zero-order chi connectivity index (χ0) is 10.7. The normalized spacial score (nSPS) is 26.7. The highest BCUT2D eigenvalue weighted by molar-refractivity contribution is 9.10. The molecule has 1 aromatic heterocycles. The summed E-state index contributed by atoms with van der Waals surface area (Å²) in [6, 6.07) is 2.71. The van der Waals surface area contributed by atoms with Crippen molar-refractivity contribution in [2.24, 2.45) is 0 Å². The van der Waals surface area contributed by atoms with Crippen LogP contribution in [0.15, 0.2) is 15.9 Å². The zero-order valence-electron chi connectivity index (χ0n) is 8.37. The summed E-state index contributed by atoms with van der Waals surface area (Å²) in [5.74, 6) is 1.73. The van der Waals surface area contributed by atoms with Crippen LogP contribution in [0, 0.1) is 0 Å². The number of hydrogen-bond acceptors (Lipinski definition) is 3. The van der Waals surface area contributed by atoms with Gasteiger partial charge in [0.1, 0.15) is 0 Å². The minimum atomic E-state index is -0.550. The van der Waals surface area contributed by atoms with Crippen molar-refractivity contribution in [2.75, 3.05) is 11.5 Å². The van der Waals surface area contributed by atoms with Crippen LogP contribution in [0.5, 0.6) is 0 Å². The molecule has 1 aromatic rings. The molecular formula is C10H14BrNOS2. The standard InChI is InChI=1S/C10H14BrNOS2/c11-8-5-10(14-7-8)6-12-9-1-3-15(13)4-2-9/h5,7,9,12H,1-4,6H2. The molecule has 15 heavy (non-hydrogen) atoms. The molecule has 1 aliphatic heterocycles. The van der Waals surface area contributed by atoms with Gasteiger partial charge in [-0.3, -0.25) is 4.21 Å². The lowest BCUT2D eigenvalue weighted by atomic mass is 10.1. The largest absolute Gasteiger partial charge is 0.309 e. The van der Waals surface area contributed by atoms with Crippen molar-refractivity contribution in [2.45, 2.75) is 25.4 Å². The van der Waals surface area contributed by atoms with Crippen LogP contribution >= 0.6 is 27.3 Å². The van der Waals surface area contributed by atoms with Crippen molar-refractivity contribution in [3.63, 3.8) is 0 Å². The third kappa shape index (κ3) is 3.66. The Labute approximate surface area is 105 Å². The van der Waals surface area contributed by atoms with E-state index in [4.69, 9.17) is 0 Å². The summed E-state index contributed by atoms with van der Waals surface area (Å²) >= 11 is 5.22. The van der Waals surface area contributed by atoms with Crippen molar-refractivity contribution in [1.82, 2.24) is 5.32 Å². The van der Waals surface area contributed by atoms with Gasteiger partial charge in [0.05, 0.1) is 0 Å². The topological polar surface area (TPSA) is 29.1 Å². The van der Waals surface area contributed by atoms with Crippen LogP contribution in [-0.4, -0.2) is 21.8 Å². The Morgan fingerprint density at radius 2 is 2.27 bits per heavy atom. The Hall–Kier alpha value is 0.290. The summed E-state index contributed by atoms with van der Waals surface area (Å²) in [6.07, 6.45) is 2.11. The fraction of sp³-hybridized carbons (Fsp3) is 0.600. The minimum Gasteiger partial charge on any atom is -0.309 e. The van der Waals surface area contributed by atoms with Gasteiger partial charge in [0, 0.05) is 49.6 Å². The van der Waals surface area contributed by atoms with E-state index in [0.29, 0.717) is 6.04 Å². The molecule has 1 N–H and O–H groups in total. The molecule has 5 heteroatoms. The molecule has 0 saturated carbocycles. The molecule has 0 aromatic carbocycles. The maximum atomic E-state index is 11.2. The second-order valence-corrected chi connectivity index (χ2v) is 7.34. The van der Waals surface area contributed by atoms with Crippen LogP contribution in [0.3, 0.4) is 0 Å². The van der Waals surface area contributed by atoms with Gasteiger partial charge < -0.3 is 5.32 Å². The third-order valence-electron chi connectivity index (χ3n) is 2.57. The molecule has 2 rings (SSSR count). The molecule has 2 heterocycles. The number of hydrogen-bond donors (Lipinski definition) is 1. The molecule has 0 bridgehead atoms. The molecule has 1 fully saturated rings. The maximum absolute atomic E-state index is 11.2. The van der Waals surface area contributed by atoms with E-state index >= 15 is 0 Å². The number of halogens is 1. The Kier molecular flexibility index (Phi) is 4.37. The van der Waals surface area contributed by atoms with E-state index in [1.165, 1.54) is 4.88 Å². The van der Waals surface area contributed by atoms with Crippen LogP contribution in [0.2, 0.25) is 0 Å². The van der Waals surface area contributed by atoms with Gasteiger partial charge in [-0.15, -0.1) is 11.3 Å². The zero-order valence-corrected chi connectivity index (χ0v) is 11.6. The fourth-order valence-electron chi connectivity index (χ4n) is 1.69. The van der Waals surface area contributed by atoms with Crippen molar-refractivity contribution in [3.05, 3.63) is 20.8 Å². The molecule has 2 nitrogen and oxygen atoms in total. The number of nitrogens with one attached hydrogen (secondary N) is 1. The number of thiophene rings is 1. The van der Waals surface area contributed by atoms with E-state index in [0.717, 1.165) is 35.4 Å². The molecule has 0 aliphatic carbocycles. The summed E-state index contributed by atoms with van der Waals surface area (Å²) < 4.78 is 12.3. The van der Waals surface area contributed by atoms with Crippen LogP contribution in [0.4, 0.5) is 0 Å². The van der Waals surface area contributed by atoms with E-state index in [-0.39, 0.29) is 0 Å². The molecule has 0 radical (unpaired) electrons. The predicted molar refractivity (Wildman–Crippen MR) is 69.8 cm³/mol. The van der Waals surface area contributed by atoms with Gasteiger partial charge in [-0.2, -0.15) is 0 Å². The first-order valence-corrected chi connectivity index (χ1v) is 8.21. The average Bonchev–Trinajstić information content (AvgIpc) is 2.64. The van der Waals surface area contributed by atoms with E-state index in [9.17, 15) is 4.21 Å². The van der Waals surface area contributed by atoms with Gasteiger partial charge in [-0.05, 0) is 34.8 Å². The Morgan fingerprint density at radius 3 is 2.87 bits per heavy atom. The molecule has 0 atom stereocenters. The van der Waals surface area contributed by atoms with Crippen LogP contribution in [-0.2, 0) is 17.3 Å². The second-order valence-electron chi connectivity index (χ2n) is 3.73. The Balaban J connectivity index is 1.76. The van der Waals surface area contributed by atoms with Crippen molar-refractivity contribution < 1.29 is 4.21 Å². The molecule has 0 amide bonds. The third-order valence-corrected chi connectivity index (χ3v) is 5.65. The molecular weight excluding hydrogens is 294 g/mol. The molecule has 1 saturated heterocycles. The minimum absolute atomic E-state index is 0.550.